The second kappa shape index (κ2) is 4.80. The maximum atomic E-state index is 12.5. The van der Waals surface area contributed by atoms with Gasteiger partial charge in [0.2, 0.25) is 0 Å². The first-order valence-corrected chi connectivity index (χ1v) is 6.29. The van der Waals surface area contributed by atoms with Crippen LogP contribution in [0.2, 0.25) is 0 Å². The molecule has 1 amide bonds. The Morgan fingerprint density at radius 1 is 0.905 bits per heavy atom. The molecule has 0 fully saturated rings. The molecule has 0 aromatic heterocycles. The molecule has 0 saturated carbocycles. The van der Waals surface area contributed by atoms with Crippen molar-refractivity contribution in [1.82, 2.24) is 5.32 Å². The molecular weight excluding hydrogens is 281 g/mol. The fourth-order valence-corrected chi connectivity index (χ4v) is 2.24. The van der Waals surface area contributed by atoms with Gasteiger partial charge in [-0.1, -0.05) is 24.3 Å². The number of halogens is 3. The van der Waals surface area contributed by atoms with Crippen LogP contribution in [0.3, 0.4) is 0 Å². The number of benzene rings is 2. The summed E-state index contributed by atoms with van der Waals surface area (Å²) in [5.74, 6) is -0.255. The van der Waals surface area contributed by atoms with Crippen LogP contribution in [0.4, 0.5) is 18.9 Å². The molecule has 2 N–H and O–H groups in total. The van der Waals surface area contributed by atoms with Crippen molar-refractivity contribution in [2.75, 3.05) is 5.32 Å². The smallest absolute Gasteiger partial charge is 0.361 e. The van der Waals surface area contributed by atoms with Crippen LogP contribution in [0, 0.1) is 0 Å². The molecule has 3 nitrogen and oxygen atoms in total. The number of amides is 1. The predicted octanol–water partition coefficient (Wildman–Crippen LogP) is 3.56. The zero-order valence-corrected chi connectivity index (χ0v) is 10.7. The normalized spacial score (nSPS) is 17.7. The Kier molecular flexibility index (Phi) is 3.08. The third-order valence-electron chi connectivity index (χ3n) is 3.32. The second-order valence-corrected chi connectivity index (χ2v) is 4.72. The summed E-state index contributed by atoms with van der Waals surface area (Å²) in [6.45, 7) is 0. The molecule has 0 radical (unpaired) electrons. The molecule has 1 aliphatic rings. The highest BCUT2D eigenvalue weighted by Gasteiger charge is 2.31. The Morgan fingerprint density at radius 2 is 1.57 bits per heavy atom. The number of anilines is 1. The molecule has 21 heavy (non-hydrogen) atoms. The van der Waals surface area contributed by atoms with Gasteiger partial charge in [0.1, 0.15) is 6.17 Å². The summed E-state index contributed by atoms with van der Waals surface area (Å²) in [6.07, 6.45) is -4.91. The summed E-state index contributed by atoms with van der Waals surface area (Å²) in [6, 6.07) is 11.7. The van der Waals surface area contributed by atoms with E-state index in [2.05, 4.69) is 10.6 Å². The van der Waals surface area contributed by atoms with Crippen LogP contribution in [-0.4, -0.2) is 5.91 Å². The van der Waals surface area contributed by atoms with Gasteiger partial charge in [-0.25, -0.2) is 0 Å². The molecule has 1 heterocycles. The highest BCUT2D eigenvalue weighted by Crippen LogP contribution is 2.31. The van der Waals surface area contributed by atoms with Crippen LogP contribution in [0.15, 0.2) is 48.5 Å². The van der Waals surface area contributed by atoms with E-state index in [1.807, 2.05) is 0 Å². The topological polar surface area (TPSA) is 41.1 Å². The number of nitrogens with one attached hydrogen (secondary N) is 2. The zero-order chi connectivity index (χ0) is 15.0. The highest BCUT2D eigenvalue weighted by atomic mass is 19.4. The second-order valence-electron chi connectivity index (χ2n) is 4.72. The Bertz CT molecular complexity index is 680. The van der Waals surface area contributed by atoms with Crippen molar-refractivity contribution < 1.29 is 18.0 Å². The van der Waals surface area contributed by atoms with Crippen molar-refractivity contribution in [2.45, 2.75) is 12.3 Å². The fraction of sp³-hybridized carbons (Fsp3) is 0.133. The van der Waals surface area contributed by atoms with E-state index in [9.17, 15) is 18.0 Å². The van der Waals surface area contributed by atoms with Gasteiger partial charge >= 0.3 is 6.18 Å². The lowest BCUT2D eigenvalue weighted by Crippen LogP contribution is -2.38. The number of carbonyl (C=O) groups excluding carboxylic acids is 1. The molecule has 2 aromatic rings. The molecule has 3 rings (SSSR count). The van der Waals surface area contributed by atoms with Gasteiger partial charge in [-0.3, -0.25) is 4.79 Å². The van der Waals surface area contributed by atoms with Crippen LogP contribution >= 0.6 is 0 Å². The standard InChI is InChI=1S/C15H11F3N2O/c16-15(17,18)10-7-5-9(6-8-10)13-19-12-4-2-1-3-11(12)14(21)20-13/h1-8,13,19H,(H,20,21). The van der Waals surface area contributed by atoms with Crippen molar-refractivity contribution in [3.63, 3.8) is 0 Å². The van der Waals surface area contributed by atoms with Crippen LogP contribution in [-0.2, 0) is 6.18 Å². The maximum Gasteiger partial charge on any atom is 0.416 e. The number of fused-ring (bicyclic) bond motifs is 1. The minimum absolute atomic E-state index is 0.255. The molecule has 0 aliphatic carbocycles. The summed E-state index contributed by atoms with van der Waals surface area (Å²) < 4.78 is 37.6. The minimum atomic E-state index is -4.37. The molecular formula is C15H11F3N2O. The Balaban J connectivity index is 1.88. The number of para-hydroxylation sites is 1. The molecule has 0 spiro atoms. The molecule has 0 saturated heterocycles. The Labute approximate surface area is 118 Å². The van der Waals surface area contributed by atoms with Crippen molar-refractivity contribution in [3.05, 3.63) is 65.2 Å². The quantitative estimate of drug-likeness (QED) is 0.844. The molecule has 1 unspecified atom stereocenters. The molecule has 108 valence electrons. The maximum absolute atomic E-state index is 12.5. The third kappa shape index (κ3) is 2.56. The number of alkyl halides is 3. The van der Waals surface area contributed by atoms with Crippen LogP contribution < -0.4 is 10.6 Å². The molecule has 6 heteroatoms. The largest absolute Gasteiger partial charge is 0.416 e. The lowest BCUT2D eigenvalue weighted by Gasteiger charge is -2.28. The van der Waals surface area contributed by atoms with Gasteiger partial charge in [0, 0.05) is 5.69 Å². The number of carbonyl (C=O) groups is 1. The Hall–Kier alpha value is -2.50. The van der Waals surface area contributed by atoms with Crippen molar-refractivity contribution >= 4 is 11.6 Å². The van der Waals surface area contributed by atoms with Crippen molar-refractivity contribution in [3.8, 4) is 0 Å². The lowest BCUT2D eigenvalue weighted by molar-refractivity contribution is -0.137. The van der Waals surface area contributed by atoms with E-state index in [4.69, 9.17) is 0 Å². The fourth-order valence-electron chi connectivity index (χ4n) is 2.24. The molecule has 2 aromatic carbocycles. The number of rotatable bonds is 1. The number of hydrogen-bond donors (Lipinski definition) is 2. The van der Waals surface area contributed by atoms with Gasteiger partial charge in [0.25, 0.3) is 5.91 Å². The van der Waals surface area contributed by atoms with Gasteiger partial charge < -0.3 is 10.6 Å². The predicted molar refractivity (Wildman–Crippen MR) is 71.7 cm³/mol. The van der Waals surface area contributed by atoms with Gasteiger partial charge in [0.05, 0.1) is 11.1 Å². The van der Waals surface area contributed by atoms with Gasteiger partial charge in [-0.2, -0.15) is 13.2 Å². The Morgan fingerprint density at radius 3 is 2.24 bits per heavy atom. The summed E-state index contributed by atoms with van der Waals surface area (Å²) in [7, 11) is 0. The van der Waals surface area contributed by atoms with E-state index in [-0.39, 0.29) is 5.91 Å². The molecule has 1 atom stereocenters. The van der Waals surface area contributed by atoms with Gasteiger partial charge in [0.15, 0.2) is 0 Å². The van der Waals surface area contributed by atoms with E-state index in [1.54, 1.807) is 24.3 Å². The van der Waals surface area contributed by atoms with Gasteiger partial charge in [-0.05, 0) is 29.8 Å². The van der Waals surface area contributed by atoms with E-state index < -0.39 is 17.9 Å². The SMILES string of the molecule is O=C1NC(c2ccc(C(F)(F)F)cc2)Nc2ccccc21. The van der Waals surface area contributed by atoms with Crippen LogP contribution in [0.25, 0.3) is 0 Å². The average molecular weight is 292 g/mol. The lowest BCUT2D eigenvalue weighted by atomic mass is 10.0. The highest BCUT2D eigenvalue weighted by molar-refractivity contribution is 6.01. The summed E-state index contributed by atoms with van der Waals surface area (Å²) in [5.41, 5.74) is 1.02. The van der Waals surface area contributed by atoms with Crippen LogP contribution in [0.5, 0.6) is 0 Å². The first-order chi connectivity index (χ1) is 9.95. The summed E-state index contributed by atoms with van der Waals surface area (Å²) in [4.78, 5) is 12.0. The summed E-state index contributed by atoms with van der Waals surface area (Å²) >= 11 is 0. The third-order valence-corrected chi connectivity index (χ3v) is 3.32. The summed E-state index contributed by atoms with van der Waals surface area (Å²) in [5, 5.41) is 5.80. The van der Waals surface area contributed by atoms with E-state index in [0.29, 0.717) is 16.8 Å². The van der Waals surface area contributed by atoms with E-state index in [1.165, 1.54) is 12.1 Å². The van der Waals surface area contributed by atoms with Crippen molar-refractivity contribution in [2.24, 2.45) is 0 Å². The van der Waals surface area contributed by atoms with Crippen molar-refractivity contribution in [1.29, 1.82) is 0 Å². The molecule has 1 aliphatic heterocycles. The zero-order valence-electron chi connectivity index (χ0n) is 10.7. The molecule has 0 bridgehead atoms. The minimum Gasteiger partial charge on any atom is -0.361 e. The van der Waals surface area contributed by atoms with E-state index in [0.717, 1.165) is 12.1 Å². The first kappa shape index (κ1) is 13.5. The first-order valence-electron chi connectivity index (χ1n) is 6.29. The average Bonchev–Trinajstić information content (AvgIpc) is 2.46. The van der Waals surface area contributed by atoms with E-state index >= 15 is 0 Å². The monoisotopic (exact) mass is 292 g/mol. The number of hydrogen-bond acceptors (Lipinski definition) is 2. The van der Waals surface area contributed by atoms with Gasteiger partial charge in [-0.15, -0.1) is 0 Å². The van der Waals surface area contributed by atoms with Crippen LogP contribution in [0.1, 0.15) is 27.7 Å².